The Morgan fingerprint density at radius 1 is 1.45 bits per heavy atom. The van der Waals surface area contributed by atoms with Gasteiger partial charge in [0.05, 0.1) is 0 Å². The Morgan fingerprint density at radius 3 is 2.75 bits per heavy atom. The molecule has 0 aliphatic carbocycles. The summed E-state index contributed by atoms with van der Waals surface area (Å²) in [4.78, 5) is 14.8. The highest BCUT2D eigenvalue weighted by Gasteiger charge is 2.24. The van der Waals surface area contributed by atoms with Crippen LogP contribution in [0.5, 0.6) is 0 Å². The fourth-order valence-corrected chi connectivity index (χ4v) is 3.00. The molecule has 1 aliphatic rings. The van der Waals surface area contributed by atoms with Crippen molar-refractivity contribution in [1.82, 2.24) is 14.8 Å². The molecule has 1 aliphatic heterocycles. The van der Waals surface area contributed by atoms with Crippen molar-refractivity contribution in [3.63, 3.8) is 0 Å². The standard InChI is InChI=1S/C16H27N3O/c1-4-13(3)18(5-2)16(20)15-7-6-12-19(15)14-8-10-17-11-9-14/h6-7,12-14,17H,4-5,8-11H2,1-3H3. The lowest BCUT2D eigenvalue weighted by Gasteiger charge is -2.30. The van der Waals surface area contributed by atoms with Crippen LogP contribution in [0, 0.1) is 0 Å². The maximum absolute atomic E-state index is 12.8. The molecule has 0 spiro atoms. The lowest BCUT2D eigenvalue weighted by atomic mass is 10.1. The van der Waals surface area contributed by atoms with Crippen molar-refractivity contribution in [2.24, 2.45) is 0 Å². The number of piperidine rings is 1. The summed E-state index contributed by atoms with van der Waals surface area (Å²) in [6.07, 6.45) is 5.26. The summed E-state index contributed by atoms with van der Waals surface area (Å²) in [7, 11) is 0. The third-order valence-electron chi connectivity index (χ3n) is 4.42. The monoisotopic (exact) mass is 277 g/mol. The number of hydrogen-bond acceptors (Lipinski definition) is 2. The summed E-state index contributed by atoms with van der Waals surface area (Å²) >= 11 is 0. The molecule has 0 bridgehead atoms. The van der Waals surface area contributed by atoms with Crippen LogP contribution in [-0.4, -0.2) is 41.1 Å². The quantitative estimate of drug-likeness (QED) is 0.898. The molecule has 2 heterocycles. The summed E-state index contributed by atoms with van der Waals surface area (Å²) in [6.45, 7) is 9.16. The van der Waals surface area contributed by atoms with Crippen LogP contribution in [0.3, 0.4) is 0 Å². The van der Waals surface area contributed by atoms with Crippen molar-refractivity contribution in [3.05, 3.63) is 24.0 Å². The van der Waals surface area contributed by atoms with Crippen molar-refractivity contribution in [2.75, 3.05) is 19.6 Å². The normalized spacial score (nSPS) is 17.9. The zero-order valence-electron chi connectivity index (χ0n) is 12.9. The highest BCUT2D eigenvalue weighted by Crippen LogP contribution is 2.22. The van der Waals surface area contributed by atoms with Crippen LogP contribution in [0.2, 0.25) is 0 Å². The predicted octanol–water partition coefficient (Wildman–Crippen LogP) is 2.67. The van der Waals surface area contributed by atoms with Crippen molar-refractivity contribution in [2.45, 2.75) is 52.1 Å². The average Bonchev–Trinajstić information content (AvgIpc) is 2.98. The molecular formula is C16H27N3O. The molecule has 1 saturated heterocycles. The van der Waals surface area contributed by atoms with Gasteiger partial charge in [0.25, 0.3) is 5.91 Å². The molecule has 1 aromatic rings. The smallest absolute Gasteiger partial charge is 0.270 e. The number of carbonyl (C=O) groups is 1. The van der Waals surface area contributed by atoms with Gasteiger partial charge in [-0.3, -0.25) is 4.79 Å². The van der Waals surface area contributed by atoms with Crippen LogP contribution in [-0.2, 0) is 0 Å². The van der Waals surface area contributed by atoms with Crippen molar-refractivity contribution in [3.8, 4) is 0 Å². The third-order valence-corrected chi connectivity index (χ3v) is 4.42. The highest BCUT2D eigenvalue weighted by atomic mass is 16.2. The van der Waals surface area contributed by atoms with E-state index in [1.807, 2.05) is 17.0 Å². The van der Waals surface area contributed by atoms with Gasteiger partial charge >= 0.3 is 0 Å². The Bertz CT molecular complexity index is 435. The highest BCUT2D eigenvalue weighted by molar-refractivity contribution is 5.93. The fourth-order valence-electron chi connectivity index (χ4n) is 3.00. The van der Waals surface area contributed by atoms with E-state index >= 15 is 0 Å². The minimum Gasteiger partial charge on any atom is -0.340 e. The van der Waals surface area contributed by atoms with E-state index in [1.165, 1.54) is 0 Å². The van der Waals surface area contributed by atoms with Gasteiger partial charge in [0.1, 0.15) is 5.69 Å². The van der Waals surface area contributed by atoms with E-state index in [1.54, 1.807) is 0 Å². The Hall–Kier alpha value is -1.29. The van der Waals surface area contributed by atoms with Gasteiger partial charge in [-0.25, -0.2) is 0 Å². The molecule has 0 saturated carbocycles. The molecule has 4 heteroatoms. The predicted molar refractivity (Wildman–Crippen MR) is 82.0 cm³/mol. The Morgan fingerprint density at radius 2 is 2.15 bits per heavy atom. The van der Waals surface area contributed by atoms with Gasteiger partial charge in [-0.1, -0.05) is 6.92 Å². The number of carbonyl (C=O) groups excluding carboxylic acids is 1. The lowest BCUT2D eigenvalue weighted by molar-refractivity contribution is 0.0685. The minimum atomic E-state index is 0.172. The Labute approximate surface area is 122 Å². The summed E-state index contributed by atoms with van der Waals surface area (Å²) in [5.74, 6) is 0.172. The average molecular weight is 277 g/mol. The van der Waals surface area contributed by atoms with E-state index in [0.717, 1.165) is 44.6 Å². The first-order valence-corrected chi connectivity index (χ1v) is 7.87. The molecule has 0 aromatic carbocycles. The number of rotatable bonds is 5. The number of nitrogens with one attached hydrogen (secondary N) is 1. The fraction of sp³-hybridized carbons (Fsp3) is 0.688. The number of aromatic nitrogens is 1. The summed E-state index contributed by atoms with van der Waals surface area (Å²) in [5.41, 5.74) is 0.846. The van der Waals surface area contributed by atoms with Gasteiger partial charge in [-0.15, -0.1) is 0 Å². The minimum absolute atomic E-state index is 0.172. The SMILES string of the molecule is CCC(C)N(CC)C(=O)c1cccn1C1CCNCC1. The molecule has 1 aromatic heterocycles. The Kier molecular flexibility index (Phi) is 5.24. The van der Waals surface area contributed by atoms with E-state index in [9.17, 15) is 4.79 Å². The first-order chi connectivity index (χ1) is 9.69. The van der Waals surface area contributed by atoms with Crippen molar-refractivity contribution < 1.29 is 4.79 Å². The molecule has 1 N–H and O–H groups in total. The molecule has 1 fully saturated rings. The van der Waals surface area contributed by atoms with E-state index in [4.69, 9.17) is 0 Å². The Balaban J connectivity index is 2.19. The van der Waals surface area contributed by atoms with Crippen LogP contribution >= 0.6 is 0 Å². The molecule has 20 heavy (non-hydrogen) atoms. The second kappa shape index (κ2) is 6.93. The van der Waals surface area contributed by atoms with Crippen LogP contribution in [0.4, 0.5) is 0 Å². The van der Waals surface area contributed by atoms with E-state index < -0.39 is 0 Å². The van der Waals surface area contributed by atoms with E-state index in [2.05, 4.69) is 36.9 Å². The topological polar surface area (TPSA) is 37.3 Å². The molecular weight excluding hydrogens is 250 g/mol. The van der Waals surface area contributed by atoms with Gasteiger partial charge in [0.2, 0.25) is 0 Å². The molecule has 1 atom stereocenters. The number of nitrogens with zero attached hydrogens (tertiary/aromatic N) is 2. The maximum atomic E-state index is 12.8. The molecule has 1 unspecified atom stereocenters. The van der Waals surface area contributed by atoms with Crippen molar-refractivity contribution in [1.29, 1.82) is 0 Å². The second-order valence-electron chi connectivity index (χ2n) is 5.63. The van der Waals surface area contributed by atoms with Crippen LogP contribution in [0.1, 0.15) is 56.6 Å². The molecule has 2 rings (SSSR count). The van der Waals surface area contributed by atoms with Gasteiger partial charge < -0.3 is 14.8 Å². The van der Waals surface area contributed by atoms with Gasteiger partial charge in [-0.2, -0.15) is 0 Å². The molecule has 1 amide bonds. The zero-order chi connectivity index (χ0) is 14.5. The zero-order valence-corrected chi connectivity index (χ0v) is 12.9. The lowest BCUT2D eigenvalue weighted by Crippen LogP contribution is -2.40. The van der Waals surface area contributed by atoms with Crippen LogP contribution in [0.25, 0.3) is 0 Å². The maximum Gasteiger partial charge on any atom is 0.270 e. The number of amides is 1. The number of hydrogen-bond donors (Lipinski definition) is 1. The molecule has 0 radical (unpaired) electrons. The third kappa shape index (κ3) is 3.06. The largest absolute Gasteiger partial charge is 0.340 e. The van der Waals surface area contributed by atoms with E-state index in [-0.39, 0.29) is 5.91 Å². The first-order valence-electron chi connectivity index (χ1n) is 7.87. The van der Waals surface area contributed by atoms with Crippen LogP contribution < -0.4 is 5.32 Å². The summed E-state index contributed by atoms with van der Waals surface area (Å²) in [5, 5.41) is 3.38. The summed E-state index contributed by atoms with van der Waals surface area (Å²) in [6, 6.07) is 4.72. The van der Waals surface area contributed by atoms with Crippen molar-refractivity contribution >= 4 is 5.91 Å². The van der Waals surface area contributed by atoms with Crippen LogP contribution in [0.15, 0.2) is 18.3 Å². The first kappa shape index (κ1) is 15.1. The van der Waals surface area contributed by atoms with Gasteiger partial charge in [-0.05, 0) is 58.3 Å². The molecule has 4 nitrogen and oxygen atoms in total. The molecule has 112 valence electrons. The summed E-state index contributed by atoms with van der Waals surface area (Å²) < 4.78 is 2.19. The van der Waals surface area contributed by atoms with Gasteiger partial charge in [0, 0.05) is 24.8 Å². The van der Waals surface area contributed by atoms with E-state index in [0.29, 0.717) is 12.1 Å². The second-order valence-corrected chi connectivity index (χ2v) is 5.63. The van der Waals surface area contributed by atoms with Gasteiger partial charge in [0.15, 0.2) is 0 Å².